The molecular weight excluding hydrogens is 261 g/mol. The van der Waals surface area contributed by atoms with Crippen LogP contribution < -0.4 is 0 Å². The fraction of sp³-hybridized carbons (Fsp3) is 0.125. The second-order valence-electron chi connectivity index (χ2n) is 2.15. The van der Waals surface area contributed by atoms with Crippen molar-refractivity contribution in [2.24, 2.45) is 0 Å². The molecule has 1 aromatic carbocycles. The highest BCUT2D eigenvalue weighted by Crippen LogP contribution is 2.31. The van der Waals surface area contributed by atoms with Crippen molar-refractivity contribution in [3.8, 4) is 6.07 Å². The normalized spacial score (nSPS) is 9.92. The molecule has 0 spiro atoms. The van der Waals surface area contributed by atoms with Gasteiger partial charge in [0.15, 0.2) is 0 Å². The molecule has 1 nitrogen and oxygen atoms in total. The molecule has 0 saturated heterocycles. The van der Waals surface area contributed by atoms with E-state index in [0.717, 1.165) is 10.0 Å². The first kappa shape index (κ1) is 9.85. The number of nitriles is 1. The molecule has 0 aliphatic carbocycles. The van der Waals surface area contributed by atoms with Crippen LogP contribution in [0.4, 0.5) is 0 Å². The summed E-state index contributed by atoms with van der Waals surface area (Å²) < 4.78 is 0.816. The molecule has 0 fully saturated rings. The Morgan fingerprint density at radius 2 is 2.08 bits per heavy atom. The summed E-state index contributed by atoms with van der Waals surface area (Å²) in [4.78, 5) is -0.604. The summed E-state index contributed by atoms with van der Waals surface area (Å²) in [6.45, 7) is 0. The van der Waals surface area contributed by atoms with Gasteiger partial charge in [-0.2, -0.15) is 5.26 Å². The van der Waals surface area contributed by atoms with Gasteiger partial charge in [-0.3, -0.25) is 0 Å². The highest BCUT2D eigenvalue weighted by molar-refractivity contribution is 9.10. The summed E-state index contributed by atoms with van der Waals surface area (Å²) in [5.41, 5.74) is 1.27. The molecule has 0 aliphatic heterocycles. The van der Waals surface area contributed by atoms with E-state index >= 15 is 0 Å². The third-order valence-corrected chi connectivity index (χ3v) is 2.55. The summed E-state index contributed by atoms with van der Waals surface area (Å²) >= 11 is 14.6. The van der Waals surface area contributed by atoms with E-state index in [-0.39, 0.29) is 0 Å². The van der Waals surface area contributed by atoms with Crippen LogP contribution >= 0.6 is 39.1 Å². The molecule has 1 rings (SSSR count). The molecular formula is C8H4BrCl2N. The van der Waals surface area contributed by atoms with E-state index in [1.54, 1.807) is 18.2 Å². The zero-order chi connectivity index (χ0) is 9.14. The Hall–Kier alpha value is -0.230. The highest BCUT2D eigenvalue weighted by Gasteiger charge is 2.08. The molecule has 4 heteroatoms. The van der Waals surface area contributed by atoms with Gasteiger partial charge in [0.25, 0.3) is 0 Å². The molecule has 0 aromatic heterocycles. The van der Waals surface area contributed by atoms with Gasteiger partial charge in [-0.1, -0.05) is 15.9 Å². The highest BCUT2D eigenvalue weighted by atomic mass is 79.9. The van der Waals surface area contributed by atoms with Crippen LogP contribution in [0.15, 0.2) is 22.7 Å². The number of nitrogens with zero attached hydrogens (tertiary/aromatic N) is 1. The van der Waals surface area contributed by atoms with Crippen LogP contribution in [0.2, 0.25) is 0 Å². The summed E-state index contributed by atoms with van der Waals surface area (Å²) in [6, 6.07) is 7.13. The van der Waals surface area contributed by atoms with Crippen molar-refractivity contribution in [3.63, 3.8) is 0 Å². The number of benzene rings is 1. The fourth-order valence-corrected chi connectivity index (χ4v) is 1.88. The maximum atomic E-state index is 8.58. The van der Waals surface area contributed by atoms with Gasteiger partial charge in [0.05, 0.1) is 11.6 Å². The molecule has 0 atom stereocenters. The van der Waals surface area contributed by atoms with Crippen molar-refractivity contribution < 1.29 is 0 Å². The number of rotatable bonds is 1. The Kier molecular flexibility index (Phi) is 3.39. The van der Waals surface area contributed by atoms with Gasteiger partial charge in [-0.05, 0) is 18.2 Å². The number of hydrogen-bond acceptors (Lipinski definition) is 1. The number of alkyl halides is 2. The van der Waals surface area contributed by atoms with Crippen LogP contribution in [0, 0.1) is 11.3 Å². The molecule has 12 heavy (non-hydrogen) atoms. The van der Waals surface area contributed by atoms with Gasteiger partial charge < -0.3 is 0 Å². The van der Waals surface area contributed by atoms with Gasteiger partial charge >= 0.3 is 0 Å². The average Bonchev–Trinajstić information content (AvgIpc) is 2.05. The van der Waals surface area contributed by atoms with Crippen LogP contribution in [0.3, 0.4) is 0 Å². The molecule has 1 aromatic rings. The standard InChI is InChI=1S/C8H4BrCl2N/c9-7-2-1-5(4-12)3-6(7)8(10)11/h1-3,8H. The summed E-state index contributed by atoms with van der Waals surface area (Å²) in [5.74, 6) is 0. The largest absolute Gasteiger partial charge is 0.192 e. The Balaban J connectivity index is 3.19. The SMILES string of the molecule is N#Cc1ccc(Br)c(C(Cl)Cl)c1. The van der Waals surface area contributed by atoms with Crippen molar-refractivity contribution in [2.75, 3.05) is 0 Å². The van der Waals surface area contributed by atoms with E-state index in [2.05, 4.69) is 15.9 Å². The monoisotopic (exact) mass is 263 g/mol. The lowest BCUT2D eigenvalue weighted by molar-refractivity contribution is 1.31. The van der Waals surface area contributed by atoms with Crippen molar-refractivity contribution >= 4 is 39.1 Å². The van der Waals surface area contributed by atoms with E-state index in [4.69, 9.17) is 28.5 Å². The maximum Gasteiger partial charge on any atom is 0.133 e. The molecule has 0 heterocycles. The molecule has 62 valence electrons. The summed E-state index contributed by atoms with van der Waals surface area (Å²) in [7, 11) is 0. The topological polar surface area (TPSA) is 23.8 Å². The van der Waals surface area contributed by atoms with E-state index in [1.165, 1.54) is 0 Å². The second kappa shape index (κ2) is 4.13. The molecule has 0 bridgehead atoms. The lowest BCUT2D eigenvalue weighted by Gasteiger charge is -2.04. The zero-order valence-corrected chi connectivity index (χ0v) is 8.99. The predicted molar refractivity (Wildman–Crippen MR) is 53.3 cm³/mol. The Bertz CT molecular complexity index is 330. The maximum absolute atomic E-state index is 8.58. The van der Waals surface area contributed by atoms with Crippen LogP contribution in [0.25, 0.3) is 0 Å². The van der Waals surface area contributed by atoms with Crippen molar-refractivity contribution in [2.45, 2.75) is 4.84 Å². The van der Waals surface area contributed by atoms with Gasteiger partial charge in [0.2, 0.25) is 0 Å². The van der Waals surface area contributed by atoms with E-state index in [1.807, 2.05) is 6.07 Å². The molecule has 0 aliphatic rings. The molecule has 0 saturated carbocycles. The Labute approximate surface area is 89.0 Å². The van der Waals surface area contributed by atoms with Crippen LogP contribution in [-0.4, -0.2) is 0 Å². The first-order valence-corrected chi connectivity index (χ1v) is 4.79. The quantitative estimate of drug-likeness (QED) is 0.708. The predicted octanol–water partition coefficient (Wildman–Crippen LogP) is 3.80. The van der Waals surface area contributed by atoms with Crippen LogP contribution in [0.1, 0.15) is 16.0 Å². The van der Waals surface area contributed by atoms with Gasteiger partial charge in [0.1, 0.15) is 4.84 Å². The smallest absolute Gasteiger partial charge is 0.133 e. The van der Waals surface area contributed by atoms with Crippen molar-refractivity contribution in [1.82, 2.24) is 0 Å². The minimum atomic E-state index is -0.604. The first-order valence-electron chi connectivity index (χ1n) is 3.13. The summed E-state index contributed by atoms with van der Waals surface area (Å²) in [5, 5.41) is 8.58. The molecule has 0 unspecified atom stereocenters. The minimum absolute atomic E-state index is 0.555. The first-order chi connectivity index (χ1) is 5.65. The van der Waals surface area contributed by atoms with Gasteiger partial charge in [0, 0.05) is 10.0 Å². The van der Waals surface area contributed by atoms with Gasteiger partial charge in [-0.25, -0.2) is 0 Å². The van der Waals surface area contributed by atoms with Crippen LogP contribution in [-0.2, 0) is 0 Å². The number of halogens is 3. The Morgan fingerprint density at radius 1 is 1.42 bits per heavy atom. The fourth-order valence-electron chi connectivity index (χ4n) is 0.781. The van der Waals surface area contributed by atoms with Crippen molar-refractivity contribution in [1.29, 1.82) is 5.26 Å². The lowest BCUT2D eigenvalue weighted by Crippen LogP contribution is -1.85. The second-order valence-corrected chi connectivity index (χ2v) is 4.10. The molecule has 0 amide bonds. The van der Waals surface area contributed by atoms with E-state index in [0.29, 0.717) is 5.56 Å². The summed E-state index contributed by atoms with van der Waals surface area (Å²) in [6.07, 6.45) is 0. The number of hydrogen-bond donors (Lipinski definition) is 0. The third kappa shape index (κ3) is 2.13. The molecule has 0 radical (unpaired) electrons. The van der Waals surface area contributed by atoms with E-state index < -0.39 is 4.84 Å². The average molecular weight is 265 g/mol. The lowest BCUT2D eigenvalue weighted by atomic mass is 10.1. The minimum Gasteiger partial charge on any atom is -0.192 e. The third-order valence-electron chi connectivity index (χ3n) is 1.36. The zero-order valence-electron chi connectivity index (χ0n) is 5.89. The van der Waals surface area contributed by atoms with Crippen molar-refractivity contribution in [3.05, 3.63) is 33.8 Å². The molecule has 0 N–H and O–H groups in total. The van der Waals surface area contributed by atoms with Gasteiger partial charge in [-0.15, -0.1) is 23.2 Å². The van der Waals surface area contributed by atoms with Crippen LogP contribution in [0.5, 0.6) is 0 Å². The Morgan fingerprint density at radius 3 is 2.58 bits per heavy atom. The van der Waals surface area contributed by atoms with E-state index in [9.17, 15) is 0 Å².